The first-order chi connectivity index (χ1) is 11.8. The van der Waals surface area contributed by atoms with E-state index < -0.39 is 0 Å². The lowest BCUT2D eigenvalue weighted by molar-refractivity contribution is 0.0728. The number of nitrogens with one attached hydrogen (secondary N) is 1. The topological polar surface area (TPSA) is 66.3 Å². The van der Waals surface area contributed by atoms with Crippen LogP contribution in [0.15, 0.2) is 17.8 Å². The summed E-state index contributed by atoms with van der Waals surface area (Å²) in [6.07, 6.45) is 9.65. The van der Waals surface area contributed by atoms with Crippen molar-refractivity contribution in [1.82, 2.24) is 24.5 Å². The third-order valence-electron chi connectivity index (χ3n) is 5.31. The zero-order chi connectivity index (χ0) is 16.1. The van der Waals surface area contributed by atoms with Crippen molar-refractivity contribution in [2.24, 2.45) is 0 Å². The van der Waals surface area contributed by atoms with Gasteiger partial charge in [-0.2, -0.15) is 5.10 Å². The quantitative estimate of drug-likeness (QED) is 0.779. The predicted molar refractivity (Wildman–Crippen MR) is 91.3 cm³/mol. The van der Waals surface area contributed by atoms with Gasteiger partial charge >= 0.3 is 0 Å². The Balaban J connectivity index is 1.42. The third-order valence-corrected chi connectivity index (χ3v) is 6.08. The van der Waals surface area contributed by atoms with E-state index in [1.165, 1.54) is 42.6 Å². The van der Waals surface area contributed by atoms with Gasteiger partial charge in [-0.25, -0.2) is 4.98 Å². The maximum absolute atomic E-state index is 12.9. The molecule has 0 saturated heterocycles. The summed E-state index contributed by atoms with van der Waals surface area (Å²) < 4.78 is 1.91. The fourth-order valence-electron chi connectivity index (χ4n) is 4.02. The number of carbonyl (C=O) groups excluding carboxylic acids is 1. The van der Waals surface area contributed by atoms with Crippen molar-refractivity contribution in [1.29, 1.82) is 0 Å². The maximum atomic E-state index is 12.9. The lowest BCUT2D eigenvalue weighted by Crippen LogP contribution is -2.36. The van der Waals surface area contributed by atoms with Gasteiger partial charge in [-0.05, 0) is 12.8 Å². The minimum absolute atomic E-state index is 0.0233. The third kappa shape index (κ3) is 2.18. The molecular formula is C17H19N5OS. The average molecular weight is 341 g/mol. The van der Waals surface area contributed by atoms with Gasteiger partial charge in [0.1, 0.15) is 5.69 Å². The SMILES string of the molecule is O=C(c1cn2ccsc2n1)N1CCc2[nH]nc(C3CCCC3)c2C1. The Kier molecular flexibility index (Phi) is 3.22. The summed E-state index contributed by atoms with van der Waals surface area (Å²) in [7, 11) is 0. The standard InChI is InChI=1S/C17H19N5OS/c23-16(14-10-22-7-8-24-17(22)18-14)21-6-5-13-12(9-21)15(20-19-13)11-3-1-2-4-11/h7-8,10-11H,1-6,9H2,(H,19,20). The monoisotopic (exact) mass is 341 g/mol. The van der Waals surface area contributed by atoms with Crippen molar-refractivity contribution >= 4 is 22.2 Å². The van der Waals surface area contributed by atoms with E-state index in [1.807, 2.05) is 27.1 Å². The van der Waals surface area contributed by atoms with E-state index in [2.05, 4.69) is 15.2 Å². The van der Waals surface area contributed by atoms with E-state index >= 15 is 0 Å². The van der Waals surface area contributed by atoms with Crippen LogP contribution in [0.1, 0.15) is 59.0 Å². The molecular weight excluding hydrogens is 322 g/mol. The van der Waals surface area contributed by atoms with E-state index in [0.29, 0.717) is 18.2 Å². The molecule has 0 bridgehead atoms. The minimum Gasteiger partial charge on any atom is -0.332 e. The van der Waals surface area contributed by atoms with Crippen LogP contribution in [-0.4, -0.2) is 36.9 Å². The largest absolute Gasteiger partial charge is 0.332 e. The lowest BCUT2D eigenvalue weighted by atomic mass is 9.96. The van der Waals surface area contributed by atoms with Crippen LogP contribution >= 0.6 is 11.3 Å². The molecule has 0 atom stereocenters. The van der Waals surface area contributed by atoms with Gasteiger partial charge in [-0.3, -0.25) is 14.3 Å². The first-order valence-corrected chi connectivity index (χ1v) is 9.45. The highest BCUT2D eigenvalue weighted by Crippen LogP contribution is 2.37. The highest BCUT2D eigenvalue weighted by Gasteiger charge is 2.30. The Morgan fingerprint density at radius 2 is 2.21 bits per heavy atom. The predicted octanol–water partition coefficient (Wildman–Crippen LogP) is 2.98. The number of fused-ring (bicyclic) bond motifs is 2. The van der Waals surface area contributed by atoms with Gasteiger partial charge in [0.05, 0.1) is 5.69 Å². The highest BCUT2D eigenvalue weighted by atomic mass is 32.1. The Hall–Kier alpha value is -2.15. The minimum atomic E-state index is 0.0233. The number of amides is 1. The molecule has 1 fully saturated rings. The summed E-state index contributed by atoms with van der Waals surface area (Å²) in [6.45, 7) is 1.38. The molecule has 0 unspecified atom stereocenters. The van der Waals surface area contributed by atoms with Gasteiger partial charge in [0.2, 0.25) is 0 Å². The van der Waals surface area contributed by atoms with Crippen molar-refractivity contribution < 1.29 is 4.79 Å². The van der Waals surface area contributed by atoms with Crippen LogP contribution in [0.3, 0.4) is 0 Å². The van der Waals surface area contributed by atoms with Gasteiger partial charge in [0.15, 0.2) is 4.96 Å². The van der Waals surface area contributed by atoms with E-state index in [0.717, 1.165) is 17.9 Å². The summed E-state index contributed by atoms with van der Waals surface area (Å²) >= 11 is 1.55. The van der Waals surface area contributed by atoms with Crippen molar-refractivity contribution in [3.05, 3.63) is 40.4 Å². The normalized spacial score (nSPS) is 18.4. The Labute approximate surface area is 143 Å². The summed E-state index contributed by atoms with van der Waals surface area (Å²) in [5, 5.41) is 9.78. The molecule has 1 amide bonds. The first kappa shape index (κ1) is 14.2. The van der Waals surface area contributed by atoms with Crippen molar-refractivity contribution in [2.45, 2.75) is 44.6 Å². The molecule has 1 saturated carbocycles. The van der Waals surface area contributed by atoms with E-state index in [-0.39, 0.29) is 5.91 Å². The van der Waals surface area contributed by atoms with Crippen LogP contribution in [0, 0.1) is 0 Å². The fraction of sp³-hybridized carbons (Fsp3) is 0.471. The number of carbonyl (C=O) groups is 1. The second-order valence-electron chi connectivity index (χ2n) is 6.74. The second-order valence-corrected chi connectivity index (χ2v) is 7.62. The van der Waals surface area contributed by atoms with E-state index in [1.54, 1.807) is 11.3 Å². The Morgan fingerprint density at radius 3 is 3.04 bits per heavy atom. The molecule has 7 heteroatoms. The van der Waals surface area contributed by atoms with Crippen LogP contribution < -0.4 is 0 Å². The number of aromatic nitrogens is 4. The van der Waals surface area contributed by atoms with Gasteiger partial charge in [-0.1, -0.05) is 12.8 Å². The maximum Gasteiger partial charge on any atom is 0.274 e. The van der Waals surface area contributed by atoms with Gasteiger partial charge in [0.25, 0.3) is 5.91 Å². The van der Waals surface area contributed by atoms with Crippen molar-refractivity contribution in [2.75, 3.05) is 6.54 Å². The van der Waals surface area contributed by atoms with Crippen molar-refractivity contribution in [3.63, 3.8) is 0 Å². The smallest absolute Gasteiger partial charge is 0.274 e. The molecule has 1 aliphatic heterocycles. The number of rotatable bonds is 2. The zero-order valence-corrected chi connectivity index (χ0v) is 14.2. The van der Waals surface area contributed by atoms with Crippen LogP contribution in [0.5, 0.6) is 0 Å². The van der Waals surface area contributed by atoms with Crippen LogP contribution in [0.25, 0.3) is 4.96 Å². The van der Waals surface area contributed by atoms with Crippen LogP contribution in [0.4, 0.5) is 0 Å². The molecule has 0 aromatic carbocycles. The van der Waals surface area contributed by atoms with Gasteiger partial charge < -0.3 is 4.90 Å². The number of H-pyrrole nitrogens is 1. The zero-order valence-electron chi connectivity index (χ0n) is 13.4. The average Bonchev–Trinajstić information content (AvgIpc) is 3.34. The lowest BCUT2D eigenvalue weighted by Gasteiger charge is -2.27. The van der Waals surface area contributed by atoms with Gasteiger partial charge in [-0.15, -0.1) is 11.3 Å². The molecule has 3 aromatic heterocycles. The van der Waals surface area contributed by atoms with E-state index in [9.17, 15) is 4.79 Å². The number of aromatic amines is 1. The van der Waals surface area contributed by atoms with Crippen LogP contribution in [0.2, 0.25) is 0 Å². The molecule has 0 radical (unpaired) electrons. The molecule has 5 rings (SSSR count). The summed E-state index contributed by atoms with van der Waals surface area (Å²) in [5.74, 6) is 0.591. The first-order valence-electron chi connectivity index (χ1n) is 8.57. The number of hydrogen-bond acceptors (Lipinski definition) is 4. The highest BCUT2D eigenvalue weighted by molar-refractivity contribution is 7.15. The second kappa shape index (κ2) is 5.44. The molecule has 6 nitrogen and oxygen atoms in total. The van der Waals surface area contributed by atoms with Crippen molar-refractivity contribution in [3.8, 4) is 0 Å². The molecule has 1 aliphatic carbocycles. The van der Waals surface area contributed by atoms with Crippen LogP contribution in [-0.2, 0) is 13.0 Å². The number of imidazole rings is 1. The molecule has 4 heterocycles. The fourth-order valence-corrected chi connectivity index (χ4v) is 4.72. The molecule has 124 valence electrons. The molecule has 24 heavy (non-hydrogen) atoms. The summed E-state index contributed by atoms with van der Waals surface area (Å²) in [6, 6.07) is 0. The summed E-state index contributed by atoms with van der Waals surface area (Å²) in [5.41, 5.74) is 4.20. The summed E-state index contributed by atoms with van der Waals surface area (Å²) in [4.78, 5) is 20.1. The van der Waals surface area contributed by atoms with E-state index in [4.69, 9.17) is 0 Å². The number of nitrogens with zero attached hydrogens (tertiary/aromatic N) is 4. The van der Waals surface area contributed by atoms with Gasteiger partial charge in [0, 0.05) is 54.5 Å². The molecule has 2 aliphatic rings. The Bertz CT molecular complexity index is 873. The molecule has 3 aromatic rings. The Morgan fingerprint density at radius 1 is 1.33 bits per heavy atom. The number of thiazole rings is 1. The number of hydrogen-bond donors (Lipinski definition) is 1. The molecule has 0 spiro atoms. The molecule has 1 N–H and O–H groups in total.